The number of esters is 1. The molecule has 0 bridgehead atoms. The van der Waals surface area contributed by atoms with Crippen LogP contribution in [0.2, 0.25) is 0 Å². The Morgan fingerprint density at radius 2 is 1.76 bits per heavy atom. The summed E-state index contributed by atoms with van der Waals surface area (Å²) in [5, 5.41) is 3.98. The Morgan fingerprint density at radius 1 is 1.08 bits per heavy atom. The van der Waals surface area contributed by atoms with Crippen LogP contribution in [0.3, 0.4) is 0 Å². The fourth-order valence-electron chi connectivity index (χ4n) is 2.19. The van der Waals surface area contributed by atoms with Crippen LogP contribution in [-0.2, 0) is 9.53 Å². The summed E-state index contributed by atoms with van der Waals surface area (Å²) in [6.45, 7) is 0. The number of primary amides is 1. The number of benzene rings is 2. The van der Waals surface area contributed by atoms with Gasteiger partial charge in [0.2, 0.25) is 6.10 Å². The molecule has 1 heterocycles. The van der Waals surface area contributed by atoms with Crippen LogP contribution in [0.15, 0.2) is 61.2 Å². The molecule has 1 aromatic heterocycles. The van der Waals surface area contributed by atoms with E-state index in [2.05, 4.69) is 10.1 Å². The first kappa shape index (κ1) is 16.3. The minimum absolute atomic E-state index is 0.234. The summed E-state index contributed by atoms with van der Waals surface area (Å²) in [6, 6.07) is 11.4. The van der Waals surface area contributed by atoms with E-state index in [0.29, 0.717) is 11.3 Å². The highest BCUT2D eigenvalue weighted by Gasteiger charge is 2.23. The summed E-state index contributed by atoms with van der Waals surface area (Å²) in [5.41, 5.74) is 6.53. The third kappa shape index (κ3) is 3.69. The lowest BCUT2D eigenvalue weighted by molar-refractivity contribution is -0.127. The van der Waals surface area contributed by atoms with Gasteiger partial charge in [-0.25, -0.2) is 18.9 Å². The van der Waals surface area contributed by atoms with E-state index in [9.17, 15) is 14.0 Å². The highest BCUT2D eigenvalue weighted by molar-refractivity contribution is 5.92. The van der Waals surface area contributed by atoms with Crippen LogP contribution in [0.25, 0.3) is 5.69 Å². The second-order valence-electron chi connectivity index (χ2n) is 5.13. The van der Waals surface area contributed by atoms with Crippen molar-refractivity contribution in [3.63, 3.8) is 0 Å². The molecule has 0 aliphatic rings. The fraction of sp³-hybridized carbons (Fsp3) is 0.0588. The first-order chi connectivity index (χ1) is 12.0. The molecule has 2 aromatic carbocycles. The first-order valence-corrected chi connectivity index (χ1v) is 7.25. The van der Waals surface area contributed by atoms with Crippen molar-refractivity contribution >= 4 is 11.9 Å². The van der Waals surface area contributed by atoms with Crippen molar-refractivity contribution in [2.24, 2.45) is 5.73 Å². The fourth-order valence-corrected chi connectivity index (χ4v) is 2.19. The van der Waals surface area contributed by atoms with Crippen LogP contribution in [-0.4, -0.2) is 26.6 Å². The summed E-state index contributed by atoms with van der Waals surface area (Å²) in [5.74, 6) is -2.04. The summed E-state index contributed by atoms with van der Waals surface area (Å²) in [6.07, 6.45) is 1.61. The van der Waals surface area contributed by atoms with Crippen molar-refractivity contribution in [1.82, 2.24) is 14.8 Å². The van der Waals surface area contributed by atoms with Crippen LogP contribution >= 0.6 is 0 Å². The molecule has 126 valence electrons. The molecule has 0 fully saturated rings. The van der Waals surface area contributed by atoms with Gasteiger partial charge in [-0.2, -0.15) is 5.10 Å². The van der Waals surface area contributed by atoms with Gasteiger partial charge in [0.05, 0.1) is 11.3 Å². The van der Waals surface area contributed by atoms with Crippen LogP contribution in [0.4, 0.5) is 4.39 Å². The van der Waals surface area contributed by atoms with Gasteiger partial charge < -0.3 is 10.5 Å². The quantitative estimate of drug-likeness (QED) is 0.714. The molecule has 3 aromatic rings. The van der Waals surface area contributed by atoms with Crippen molar-refractivity contribution in [2.45, 2.75) is 6.10 Å². The Kier molecular flexibility index (Phi) is 4.51. The third-order valence-electron chi connectivity index (χ3n) is 3.44. The summed E-state index contributed by atoms with van der Waals surface area (Å²) in [4.78, 5) is 27.7. The molecule has 3 rings (SSSR count). The number of nitrogens with two attached hydrogens (primary N) is 1. The monoisotopic (exact) mass is 340 g/mol. The van der Waals surface area contributed by atoms with Crippen LogP contribution in [0, 0.1) is 5.82 Å². The van der Waals surface area contributed by atoms with E-state index in [4.69, 9.17) is 10.5 Å². The van der Waals surface area contributed by atoms with Crippen molar-refractivity contribution in [3.8, 4) is 5.69 Å². The Labute approximate surface area is 141 Å². The van der Waals surface area contributed by atoms with E-state index in [1.807, 2.05) is 0 Å². The molecular formula is C17H13FN4O3. The summed E-state index contributed by atoms with van der Waals surface area (Å²) >= 11 is 0. The Balaban J connectivity index is 1.77. The van der Waals surface area contributed by atoms with E-state index in [1.54, 1.807) is 12.1 Å². The molecule has 25 heavy (non-hydrogen) atoms. The molecule has 1 atom stereocenters. The number of aromatic nitrogens is 3. The zero-order valence-electron chi connectivity index (χ0n) is 12.9. The van der Waals surface area contributed by atoms with Gasteiger partial charge in [-0.15, -0.1) is 0 Å². The van der Waals surface area contributed by atoms with Crippen molar-refractivity contribution in [2.75, 3.05) is 0 Å². The maximum Gasteiger partial charge on any atom is 0.339 e. The molecule has 2 N–H and O–H groups in total. The van der Waals surface area contributed by atoms with Crippen LogP contribution in [0.5, 0.6) is 0 Å². The molecule has 0 radical (unpaired) electrons. The predicted octanol–water partition coefficient (Wildman–Crippen LogP) is 1.79. The molecule has 0 saturated carbocycles. The van der Waals surface area contributed by atoms with Gasteiger partial charge >= 0.3 is 5.97 Å². The maximum absolute atomic E-state index is 13.0. The normalized spacial score (nSPS) is 11.7. The van der Waals surface area contributed by atoms with Crippen molar-refractivity contribution in [1.29, 1.82) is 0 Å². The number of rotatable bonds is 5. The second kappa shape index (κ2) is 6.91. The molecule has 0 spiro atoms. The smallest absolute Gasteiger partial charge is 0.339 e. The molecule has 0 saturated heterocycles. The number of ether oxygens (including phenoxy) is 1. The van der Waals surface area contributed by atoms with Gasteiger partial charge in [-0.1, -0.05) is 12.1 Å². The van der Waals surface area contributed by atoms with Crippen LogP contribution in [0.1, 0.15) is 22.0 Å². The van der Waals surface area contributed by atoms with Crippen molar-refractivity contribution < 1.29 is 18.7 Å². The molecule has 0 unspecified atom stereocenters. The molecule has 1 amide bonds. The number of carbonyl (C=O) groups excluding carboxylic acids is 2. The summed E-state index contributed by atoms with van der Waals surface area (Å²) < 4.78 is 19.7. The molecule has 8 heteroatoms. The standard InChI is InChI=1S/C17H13FN4O3/c18-13-5-1-11(2-6-13)15(16(19)23)25-17(24)12-3-7-14(8-4-12)22-10-20-9-21-22/h1-10,15H,(H2,19,23)/t15-/m1/s1. The summed E-state index contributed by atoms with van der Waals surface area (Å²) in [7, 11) is 0. The number of nitrogens with zero attached hydrogens (tertiary/aromatic N) is 3. The highest BCUT2D eigenvalue weighted by atomic mass is 19.1. The zero-order valence-corrected chi connectivity index (χ0v) is 12.9. The van der Waals surface area contributed by atoms with Gasteiger partial charge in [0, 0.05) is 5.56 Å². The Morgan fingerprint density at radius 3 is 2.32 bits per heavy atom. The molecule has 0 aliphatic carbocycles. The lowest BCUT2D eigenvalue weighted by Crippen LogP contribution is -2.26. The van der Waals surface area contributed by atoms with Crippen LogP contribution < -0.4 is 5.73 Å². The Hall–Kier alpha value is -3.55. The number of halogens is 1. The van der Waals surface area contributed by atoms with Crippen molar-refractivity contribution in [3.05, 3.63) is 78.1 Å². The third-order valence-corrected chi connectivity index (χ3v) is 3.44. The molecular weight excluding hydrogens is 327 g/mol. The highest BCUT2D eigenvalue weighted by Crippen LogP contribution is 2.20. The maximum atomic E-state index is 13.0. The largest absolute Gasteiger partial charge is 0.444 e. The van der Waals surface area contributed by atoms with Gasteiger partial charge in [-0.05, 0) is 36.4 Å². The van der Waals surface area contributed by atoms with Gasteiger partial charge in [-0.3, -0.25) is 4.79 Å². The van der Waals surface area contributed by atoms with E-state index in [-0.39, 0.29) is 5.56 Å². The first-order valence-electron chi connectivity index (χ1n) is 7.25. The van der Waals surface area contributed by atoms with Gasteiger partial charge in [0.15, 0.2) is 0 Å². The molecule has 7 nitrogen and oxygen atoms in total. The number of hydrogen-bond donors (Lipinski definition) is 1. The van der Waals surface area contributed by atoms with E-state index >= 15 is 0 Å². The Bertz CT molecular complexity index is 877. The lowest BCUT2D eigenvalue weighted by atomic mass is 10.1. The van der Waals surface area contributed by atoms with Gasteiger partial charge in [0.1, 0.15) is 18.5 Å². The zero-order chi connectivity index (χ0) is 17.8. The van der Waals surface area contributed by atoms with E-state index in [0.717, 1.165) is 12.1 Å². The average Bonchev–Trinajstić information content (AvgIpc) is 3.15. The van der Waals surface area contributed by atoms with E-state index < -0.39 is 23.8 Å². The predicted molar refractivity (Wildman–Crippen MR) is 85.1 cm³/mol. The number of carbonyl (C=O) groups is 2. The second-order valence-corrected chi connectivity index (χ2v) is 5.13. The number of amides is 1. The lowest BCUT2D eigenvalue weighted by Gasteiger charge is -2.15. The van der Waals surface area contributed by atoms with Gasteiger partial charge in [0.25, 0.3) is 5.91 Å². The molecule has 0 aliphatic heterocycles. The topological polar surface area (TPSA) is 100 Å². The minimum atomic E-state index is -1.30. The SMILES string of the molecule is NC(=O)[C@H](OC(=O)c1ccc(-n2cncn2)cc1)c1ccc(F)cc1. The average molecular weight is 340 g/mol. The number of hydrogen-bond acceptors (Lipinski definition) is 5. The minimum Gasteiger partial charge on any atom is -0.444 e. The van der Waals surface area contributed by atoms with E-state index in [1.165, 1.54) is 41.6 Å².